The maximum absolute atomic E-state index is 12.6. The van der Waals surface area contributed by atoms with Crippen molar-refractivity contribution in [3.63, 3.8) is 0 Å². The van der Waals surface area contributed by atoms with E-state index in [-0.39, 0.29) is 17.8 Å². The largest absolute Gasteiger partial charge is 0.416 e. The fourth-order valence-electron chi connectivity index (χ4n) is 2.86. The van der Waals surface area contributed by atoms with Gasteiger partial charge < -0.3 is 10.4 Å². The fourth-order valence-corrected chi connectivity index (χ4v) is 2.86. The molecule has 0 spiro atoms. The van der Waals surface area contributed by atoms with Crippen molar-refractivity contribution in [2.45, 2.75) is 12.3 Å². The number of hydrogen-bond acceptors (Lipinski definition) is 5. The van der Waals surface area contributed by atoms with Crippen LogP contribution in [0, 0.1) is 0 Å². The lowest BCUT2D eigenvalue weighted by atomic mass is 10.1. The normalized spacial score (nSPS) is 12.8. The van der Waals surface area contributed by atoms with E-state index in [0.29, 0.717) is 5.69 Å². The van der Waals surface area contributed by atoms with Crippen LogP contribution in [0.15, 0.2) is 54.9 Å². The first-order valence-electron chi connectivity index (χ1n) is 8.80. The zero-order valence-corrected chi connectivity index (χ0v) is 15.3. The number of aromatic amines is 1. The van der Waals surface area contributed by atoms with E-state index in [2.05, 4.69) is 25.8 Å². The molecule has 0 radical (unpaired) electrons. The number of amides is 1. The van der Waals surface area contributed by atoms with Gasteiger partial charge in [0.1, 0.15) is 0 Å². The minimum Gasteiger partial charge on any atom is -0.387 e. The summed E-state index contributed by atoms with van der Waals surface area (Å²) >= 11 is 0. The van der Waals surface area contributed by atoms with Crippen molar-refractivity contribution in [1.82, 2.24) is 30.5 Å². The highest BCUT2D eigenvalue weighted by Crippen LogP contribution is 2.29. The molecule has 0 fully saturated rings. The number of aliphatic hydroxyl groups is 1. The number of rotatable bonds is 5. The number of nitrogens with zero attached hydrogens (tertiary/aromatic N) is 4. The minimum atomic E-state index is -4.45. The first-order valence-corrected chi connectivity index (χ1v) is 8.80. The standard InChI is InChI=1S/C19H15F3N6O2/c20-19(21,22)13-3-1-11(2-4-13)17(29)9-23-18(30)16-10-28(27-26-16)14-5-6-15-12(7-14)8-24-25-15/h1-8,10,17,29H,9H2,(H,23,30)(H,24,25). The van der Waals surface area contributed by atoms with E-state index in [0.717, 1.165) is 23.0 Å². The van der Waals surface area contributed by atoms with Gasteiger partial charge in [0.15, 0.2) is 5.69 Å². The second kappa shape index (κ2) is 7.59. The van der Waals surface area contributed by atoms with Crippen molar-refractivity contribution in [1.29, 1.82) is 0 Å². The molecule has 11 heteroatoms. The quantitative estimate of drug-likeness (QED) is 0.464. The number of nitrogens with one attached hydrogen (secondary N) is 2. The smallest absolute Gasteiger partial charge is 0.387 e. The summed E-state index contributed by atoms with van der Waals surface area (Å²) in [6.45, 7) is -0.196. The molecule has 4 rings (SSSR count). The molecule has 3 N–H and O–H groups in total. The Labute approximate surface area is 167 Å². The average Bonchev–Trinajstić information content (AvgIpc) is 3.40. The number of H-pyrrole nitrogens is 1. The van der Waals surface area contributed by atoms with Gasteiger partial charge in [-0.1, -0.05) is 17.3 Å². The molecule has 2 aromatic heterocycles. The third-order valence-electron chi connectivity index (χ3n) is 4.49. The van der Waals surface area contributed by atoms with Gasteiger partial charge in [-0.05, 0) is 35.9 Å². The summed E-state index contributed by atoms with van der Waals surface area (Å²) in [5.41, 5.74) is 1.00. The van der Waals surface area contributed by atoms with E-state index in [1.807, 2.05) is 12.1 Å². The molecule has 0 bridgehead atoms. The van der Waals surface area contributed by atoms with Gasteiger partial charge in [-0.15, -0.1) is 5.10 Å². The molecule has 1 amide bonds. The monoisotopic (exact) mass is 416 g/mol. The highest BCUT2D eigenvalue weighted by Gasteiger charge is 2.30. The molecular weight excluding hydrogens is 401 g/mol. The Hall–Kier alpha value is -3.73. The second-order valence-electron chi connectivity index (χ2n) is 6.54. The van der Waals surface area contributed by atoms with Gasteiger partial charge in [-0.3, -0.25) is 9.89 Å². The summed E-state index contributed by atoms with van der Waals surface area (Å²) in [6, 6.07) is 9.52. The van der Waals surface area contributed by atoms with E-state index >= 15 is 0 Å². The molecule has 2 aromatic carbocycles. The van der Waals surface area contributed by atoms with Crippen LogP contribution in [-0.2, 0) is 6.18 Å². The number of benzene rings is 2. The summed E-state index contributed by atoms with van der Waals surface area (Å²) in [6.07, 6.45) is -2.53. The van der Waals surface area contributed by atoms with Crippen LogP contribution in [0.5, 0.6) is 0 Å². The lowest BCUT2D eigenvalue weighted by Crippen LogP contribution is -2.28. The van der Waals surface area contributed by atoms with Crippen LogP contribution < -0.4 is 5.32 Å². The van der Waals surface area contributed by atoms with Crippen molar-refractivity contribution < 1.29 is 23.1 Å². The SMILES string of the molecule is O=C(NCC(O)c1ccc(C(F)(F)F)cc1)c1cn(-c2ccc3[nH]ncc3c2)nn1. The van der Waals surface area contributed by atoms with Crippen molar-refractivity contribution >= 4 is 16.8 Å². The van der Waals surface area contributed by atoms with Gasteiger partial charge in [0, 0.05) is 11.9 Å². The molecule has 1 unspecified atom stereocenters. The Morgan fingerprint density at radius 1 is 1.20 bits per heavy atom. The lowest BCUT2D eigenvalue weighted by molar-refractivity contribution is -0.137. The second-order valence-corrected chi connectivity index (χ2v) is 6.54. The van der Waals surface area contributed by atoms with Crippen LogP contribution in [-0.4, -0.2) is 42.7 Å². The number of carbonyl (C=O) groups excluding carboxylic acids is 1. The first-order chi connectivity index (χ1) is 14.3. The number of alkyl halides is 3. The van der Waals surface area contributed by atoms with Crippen LogP contribution in [0.1, 0.15) is 27.7 Å². The highest BCUT2D eigenvalue weighted by atomic mass is 19.4. The number of carbonyl (C=O) groups is 1. The number of hydrogen-bond donors (Lipinski definition) is 3. The van der Waals surface area contributed by atoms with Crippen LogP contribution >= 0.6 is 0 Å². The number of fused-ring (bicyclic) bond motifs is 1. The minimum absolute atomic E-state index is 0.0295. The third-order valence-corrected chi connectivity index (χ3v) is 4.49. The van der Waals surface area contributed by atoms with E-state index in [1.54, 1.807) is 12.3 Å². The number of aliphatic hydroxyl groups excluding tert-OH is 1. The zero-order chi connectivity index (χ0) is 21.3. The molecule has 154 valence electrons. The maximum atomic E-state index is 12.6. The summed E-state index contributed by atoms with van der Waals surface area (Å²) < 4.78 is 39.2. The number of halogens is 3. The van der Waals surface area contributed by atoms with E-state index < -0.39 is 23.8 Å². The Morgan fingerprint density at radius 2 is 1.97 bits per heavy atom. The van der Waals surface area contributed by atoms with Crippen molar-refractivity contribution in [2.75, 3.05) is 6.54 Å². The number of aromatic nitrogens is 5. The molecule has 0 saturated carbocycles. The van der Waals surface area contributed by atoms with Gasteiger partial charge in [0.05, 0.1) is 35.3 Å². The summed E-state index contributed by atoms with van der Waals surface area (Å²) in [5, 5.41) is 28.0. The van der Waals surface area contributed by atoms with Gasteiger partial charge in [0.25, 0.3) is 5.91 Å². The summed E-state index contributed by atoms with van der Waals surface area (Å²) in [7, 11) is 0. The van der Waals surface area contributed by atoms with E-state index in [1.165, 1.54) is 23.0 Å². The predicted octanol–water partition coefficient (Wildman–Crippen LogP) is 2.63. The van der Waals surface area contributed by atoms with Gasteiger partial charge in [-0.2, -0.15) is 18.3 Å². The van der Waals surface area contributed by atoms with Gasteiger partial charge in [0.2, 0.25) is 0 Å². The van der Waals surface area contributed by atoms with Crippen molar-refractivity contribution in [3.8, 4) is 5.69 Å². The Kier molecular flexibility index (Phi) is 4.96. The molecule has 0 aliphatic rings. The molecule has 2 heterocycles. The molecule has 1 atom stereocenters. The molecule has 30 heavy (non-hydrogen) atoms. The van der Waals surface area contributed by atoms with Crippen molar-refractivity contribution in [3.05, 3.63) is 71.7 Å². The van der Waals surface area contributed by atoms with E-state index in [9.17, 15) is 23.1 Å². The first kappa shape index (κ1) is 19.6. The molecule has 0 aliphatic carbocycles. The zero-order valence-electron chi connectivity index (χ0n) is 15.3. The highest BCUT2D eigenvalue weighted by molar-refractivity contribution is 5.92. The third kappa shape index (κ3) is 4.01. The van der Waals surface area contributed by atoms with Gasteiger partial charge >= 0.3 is 6.18 Å². The average molecular weight is 416 g/mol. The maximum Gasteiger partial charge on any atom is 0.416 e. The molecule has 0 aliphatic heterocycles. The Balaban J connectivity index is 1.39. The van der Waals surface area contributed by atoms with Crippen LogP contribution in [0.25, 0.3) is 16.6 Å². The molecule has 0 saturated heterocycles. The summed E-state index contributed by atoms with van der Waals surface area (Å²) in [5.74, 6) is -0.573. The summed E-state index contributed by atoms with van der Waals surface area (Å²) in [4.78, 5) is 12.3. The predicted molar refractivity (Wildman–Crippen MR) is 99.7 cm³/mol. The van der Waals surface area contributed by atoms with Crippen LogP contribution in [0.4, 0.5) is 13.2 Å². The lowest BCUT2D eigenvalue weighted by Gasteiger charge is -2.13. The van der Waals surface area contributed by atoms with Crippen molar-refractivity contribution in [2.24, 2.45) is 0 Å². The Bertz CT molecular complexity index is 1180. The van der Waals surface area contributed by atoms with Gasteiger partial charge in [-0.25, -0.2) is 4.68 Å². The fraction of sp³-hybridized carbons (Fsp3) is 0.158. The van der Waals surface area contributed by atoms with E-state index in [4.69, 9.17) is 0 Å². The molecule has 4 aromatic rings. The topological polar surface area (TPSA) is 109 Å². The molecular formula is C19H15F3N6O2. The van der Waals surface area contributed by atoms with Crippen LogP contribution in [0.2, 0.25) is 0 Å². The molecule has 8 nitrogen and oxygen atoms in total. The van der Waals surface area contributed by atoms with Crippen LogP contribution in [0.3, 0.4) is 0 Å². The Morgan fingerprint density at radius 3 is 2.70 bits per heavy atom.